The lowest BCUT2D eigenvalue weighted by molar-refractivity contribution is 0.0696. The molecule has 9 nitrogen and oxygen atoms in total. The zero-order valence-electron chi connectivity index (χ0n) is 19.2. The molecule has 35 heavy (non-hydrogen) atoms. The van der Waals surface area contributed by atoms with Crippen molar-refractivity contribution >= 4 is 51.4 Å². The van der Waals surface area contributed by atoms with Crippen molar-refractivity contribution in [3.63, 3.8) is 0 Å². The van der Waals surface area contributed by atoms with Gasteiger partial charge in [0.15, 0.2) is 11.5 Å². The maximum absolute atomic E-state index is 12.7. The number of ether oxygens (including phenoxy) is 2. The number of fused-ring (bicyclic) bond motifs is 1. The van der Waals surface area contributed by atoms with E-state index in [0.717, 1.165) is 10.9 Å². The van der Waals surface area contributed by atoms with Gasteiger partial charge in [0.25, 0.3) is 5.91 Å². The van der Waals surface area contributed by atoms with E-state index in [0.29, 0.717) is 39.9 Å². The summed E-state index contributed by atoms with van der Waals surface area (Å²) in [6, 6.07) is 16.6. The lowest BCUT2D eigenvalue weighted by atomic mass is 10.0. The van der Waals surface area contributed by atoms with Crippen LogP contribution in [0.15, 0.2) is 60.7 Å². The molecule has 3 aromatic carbocycles. The smallest absolute Gasteiger partial charge is 0.335 e. The number of benzene rings is 3. The molecule has 10 heteroatoms. The predicted octanol–water partition coefficient (Wildman–Crippen LogP) is 4.88. The molecular weight excluding hydrogens is 516 g/mol. The molecule has 0 saturated carbocycles. The van der Waals surface area contributed by atoms with Gasteiger partial charge < -0.3 is 25.2 Å². The Bertz CT molecular complexity index is 1390. The lowest BCUT2D eigenvalue weighted by Crippen LogP contribution is -2.12. The summed E-state index contributed by atoms with van der Waals surface area (Å²) >= 11 is 0. The van der Waals surface area contributed by atoms with Crippen molar-refractivity contribution in [2.24, 2.45) is 0 Å². The molecule has 4 rings (SSSR count). The lowest BCUT2D eigenvalue weighted by Gasteiger charge is -2.13. The van der Waals surface area contributed by atoms with E-state index in [-0.39, 0.29) is 28.5 Å². The highest BCUT2D eigenvalue weighted by atomic mass is 79.9. The standard InChI is InChI=1S/C25H22N4O5.BrH/c1-26-25-28-19-13-21(34-3)20(33-2)12-18(19)22(29-25)16-5-4-6-17(11-16)27-23(30)14-7-9-15(10-8-14)24(31)32;/h4-13H,1-3H3,(H,27,30)(H,31,32)(H,26,28,29);1H. The average molecular weight is 539 g/mol. The number of amides is 1. The summed E-state index contributed by atoms with van der Waals surface area (Å²) in [5.41, 5.74) is 3.09. The first-order valence-electron chi connectivity index (χ1n) is 10.3. The molecule has 0 aliphatic heterocycles. The molecule has 1 aromatic heterocycles. The number of nitrogens with zero attached hydrogens (tertiary/aromatic N) is 2. The number of halogens is 1. The fourth-order valence-corrected chi connectivity index (χ4v) is 3.50. The van der Waals surface area contributed by atoms with Gasteiger partial charge in [-0.25, -0.2) is 14.8 Å². The van der Waals surface area contributed by atoms with E-state index in [9.17, 15) is 9.59 Å². The molecular formula is C25H23BrN4O5. The van der Waals surface area contributed by atoms with Gasteiger partial charge in [0.2, 0.25) is 5.95 Å². The van der Waals surface area contributed by atoms with Crippen LogP contribution in [0.5, 0.6) is 11.5 Å². The molecule has 0 spiro atoms. The Labute approximate surface area is 211 Å². The van der Waals surface area contributed by atoms with Crippen LogP contribution >= 0.6 is 17.0 Å². The van der Waals surface area contributed by atoms with Crippen LogP contribution in [-0.4, -0.2) is 48.2 Å². The topological polar surface area (TPSA) is 123 Å². The second-order valence-corrected chi connectivity index (χ2v) is 7.29. The number of hydrogen-bond donors (Lipinski definition) is 3. The molecule has 180 valence electrons. The van der Waals surface area contributed by atoms with Crippen molar-refractivity contribution in [3.05, 3.63) is 71.8 Å². The van der Waals surface area contributed by atoms with Crippen LogP contribution in [0.25, 0.3) is 22.2 Å². The molecule has 1 heterocycles. The second-order valence-electron chi connectivity index (χ2n) is 7.29. The number of aromatic carboxylic acids is 1. The minimum Gasteiger partial charge on any atom is -0.493 e. The van der Waals surface area contributed by atoms with E-state index in [1.807, 2.05) is 18.2 Å². The molecule has 4 aromatic rings. The Morgan fingerprint density at radius 3 is 2.17 bits per heavy atom. The van der Waals surface area contributed by atoms with E-state index in [4.69, 9.17) is 14.6 Å². The number of carbonyl (C=O) groups is 2. The monoisotopic (exact) mass is 538 g/mol. The van der Waals surface area contributed by atoms with Crippen molar-refractivity contribution in [1.29, 1.82) is 0 Å². The van der Waals surface area contributed by atoms with Crippen molar-refractivity contribution in [3.8, 4) is 22.8 Å². The molecule has 0 radical (unpaired) electrons. The Hall–Kier alpha value is -4.18. The number of rotatable bonds is 7. The summed E-state index contributed by atoms with van der Waals surface area (Å²) in [6.07, 6.45) is 0. The predicted molar refractivity (Wildman–Crippen MR) is 139 cm³/mol. The molecule has 0 aliphatic carbocycles. The third-order valence-corrected chi connectivity index (χ3v) is 5.21. The Morgan fingerprint density at radius 2 is 1.54 bits per heavy atom. The fraction of sp³-hybridized carbons (Fsp3) is 0.120. The maximum atomic E-state index is 12.7. The second kappa shape index (κ2) is 10.8. The summed E-state index contributed by atoms with van der Waals surface area (Å²) in [6.45, 7) is 0. The minimum absolute atomic E-state index is 0. The van der Waals surface area contributed by atoms with Crippen molar-refractivity contribution in [2.75, 3.05) is 31.9 Å². The van der Waals surface area contributed by atoms with Gasteiger partial charge in [0.1, 0.15) is 0 Å². The molecule has 1 amide bonds. The number of hydrogen-bond acceptors (Lipinski definition) is 7. The SMILES string of the molecule is Br.CNc1nc(-c2cccc(NC(=O)c3ccc(C(=O)O)cc3)c2)c2cc(OC)c(OC)cc2n1. The van der Waals surface area contributed by atoms with Gasteiger partial charge in [-0.15, -0.1) is 17.0 Å². The first-order valence-corrected chi connectivity index (χ1v) is 10.3. The van der Waals surface area contributed by atoms with Crippen LogP contribution < -0.4 is 20.1 Å². The Morgan fingerprint density at radius 1 is 0.886 bits per heavy atom. The average Bonchev–Trinajstić information content (AvgIpc) is 2.87. The molecule has 0 unspecified atom stereocenters. The fourth-order valence-electron chi connectivity index (χ4n) is 3.50. The zero-order chi connectivity index (χ0) is 24.2. The van der Waals surface area contributed by atoms with Gasteiger partial charge in [-0.1, -0.05) is 12.1 Å². The molecule has 3 N–H and O–H groups in total. The van der Waals surface area contributed by atoms with Crippen molar-refractivity contribution < 1.29 is 24.2 Å². The van der Waals surface area contributed by atoms with Gasteiger partial charge in [-0.05, 0) is 42.5 Å². The summed E-state index contributed by atoms with van der Waals surface area (Å²) in [7, 11) is 4.86. The third-order valence-electron chi connectivity index (χ3n) is 5.21. The molecule has 0 bridgehead atoms. The van der Waals surface area contributed by atoms with Gasteiger partial charge in [-0.3, -0.25) is 4.79 Å². The number of carbonyl (C=O) groups excluding carboxylic acids is 1. The van der Waals surface area contributed by atoms with Crippen LogP contribution in [-0.2, 0) is 0 Å². The quantitative estimate of drug-likeness (QED) is 0.304. The van der Waals surface area contributed by atoms with Crippen LogP contribution in [0.3, 0.4) is 0 Å². The van der Waals surface area contributed by atoms with Crippen molar-refractivity contribution in [2.45, 2.75) is 0 Å². The molecule has 0 atom stereocenters. The number of anilines is 2. The van der Waals surface area contributed by atoms with E-state index < -0.39 is 5.97 Å². The van der Waals surface area contributed by atoms with E-state index >= 15 is 0 Å². The number of aromatic nitrogens is 2. The summed E-state index contributed by atoms with van der Waals surface area (Å²) in [5.74, 6) is 0.126. The van der Waals surface area contributed by atoms with Gasteiger partial charge in [-0.2, -0.15) is 0 Å². The number of carboxylic acids is 1. The molecule has 0 fully saturated rings. The van der Waals surface area contributed by atoms with E-state index in [1.165, 1.54) is 24.3 Å². The number of nitrogens with one attached hydrogen (secondary N) is 2. The van der Waals surface area contributed by atoms with Crippen LogP contribution in [0, 0.1) is 0 Å². The highest BCUT2D eigenvalue weighted by Gasteiger charge is 2.15. The molecule has 0 saturated heterocycles. The number of methoxy groups -OCH3 is 2. The van der Waals surface area contributed by atoms with Crippen LogP contribution in [0.2, 0.25) is 0 Å². The summed E-state index contributed by atoms with van der Waals surface area (Å²) < 4.78 is 10.9. The van der Waals surface area contributed by atoms with E-state index in [1.54, 1.807) is 39.5 Å². The van der Waals surface area contributed by atoms with Gasteiger partial charge >= 0.3 is 5.97 Å². The first-order chi connectivity index (χ1) is 16.4. The van der Waals surface area contributed by atoms with Crippen molar-refractivity contribution in [1.82, 2.24) is 9.97 Å². The summed E-state index contributed by atoms with van der Waals surface area (Å²) in [4.78, 5) is 32.9. The molecule has 0 aliphatic rings. The Balaban J connectivity index is 0.00000342. The highest BCUT2D eigenvalue weighted by molar-refractivity contribution is 8.93. The maximum Gasteiger partial charge on any atom is 0.335 e. The Kier molecular flexibility index (Phi) is 7.87. The largest absolute Gasteiger partial charge is 0.493 e. The number of carboxylic acid groups (broad SMARTS) is 1. The zero-order valence-corrected chi connectivity index (χ0v) is 20.9. The van der Waals surface area contributed by atoms with Crippen LogP contribution in [0.1, 0.15) is 20.7 Å². The van der Waals surface area contributed by atoms with E-state index in [2.05, 4.69) is 20.6 Å². The normalized spacial score (nSPS) is 10.3. The first kappa shape index (κ1) is 25.4. The minimum atomic E-state index is -1.05. The van der Waals surface area contributed by atoms with Crippen LogP contribution in [0.4, 0.5) is 11.6 Å². The summed E-state index contributed by atoms with van der Waals surface area (Å²) in [5, 5.41) is 15.6. The highest BCUT2D eigenvalue weighted by Crippen LogP contribution is 2.36. The third kappa shape index (κ3) is 5.33. The van der Waals surface area contributed by atoms with Gasteiger partial charge in [0.05, 0.1) is 31.0 Å². The van der Waals surface area contributed by atoms with Gasteiger partial charge in [0, 0.05) is 35.3 Å².